The molecular formula is H3Cl4Si+. The van der Waals surface area contributed by atoms with Gasteiger partial charge in [-0.05, 0) is 0 Å². The number of rotatable bonds is 0. The molecule has 0 nitrogen and oxygen atoms in total. The third kappa shape index (κ3) is 32.3. The van der Waals surface area contributed by atoms with Crippen LogP contribution in [0, 0.1) is 0 Å². The number of hydrogen-bond donors (Lipinski definition) is 0. The van der Waals surface area contributed by atoms with Crippen LogP contribution in [0.25, 0.3) is 0 Å². The molecule has 5 heavy (non-hydrogen) atoms. The van der Waals surface area contributed by atoms with E-state index in [0.29, 0.717) is 0 Å². The third-order valence-electron chi connectivity index (χ3n) is 0. The zero-order chi connectivity index (χ0) is 3.58. The molecule has 0 aliphatic heterocycles. The van der Waals surface area contributed by atoms with Crippen LogP contribution in [0.2, 0.25) is 0 Å². The highest BCUT2D eigenvalue weighted by Crippen LogP contribution is 1.97. The highest BCUT2D eigenvalue weighted by Gasteiger charge is 1.85. The van der Waals surface area contributed by atoms with Crippen molar-refractivity contribution in [2.24, 2.45) is 0 Å². The van der Waals surface area contributed by atoms with Crippen LogP contribution in [0.1, 0.15) is 1.43 Å². The van der Waals surface area contributed by atoms with E-state index < -0.39 is 6.73 Å². The maximum atomic E-state index is 4.94. The summed E-state index contributed by atoms with van der Waals surface area (Å²) in [5.74, 6) is 0. The minimum Gasteiger partial charge on any atom is -0.147 e. The average molecular weight is 173 g/mol. The largest absolute Gasteiger partial charge is 1.00 e. The molecule has 0 aromatic heterocycles. The number of hydrogen-bond acceptors (Lipinski definition) is 0. The molecular weight excluding hydrogens is 170 g/mol. The summed E-state index contributed by atoms with van der Waals surface area (Å²) in [6, 6.07) is 0. The lowest BCUT2D eigenvalue weighted by Crippen LogP contribution is -1.66. The predicted octanol–water partition coefficient (Wildman–Crippen LogP) is 1.95. The first kappa shape index (κ1) is 9.62. The molecule has 5 heteroatoms. The molecule has 0 amide bonds. The van der Waals surface area contributed by atoms with E-state index in [2.05, 4.69) is 0 Å². The SMILES string of the molecule is Cl.Cl[SiH](Cl)Cl.[H+]. The fourth-order valence-corrected chi connectivity index (χ4v) is 0. The van der Waals surface area contributed by atoms with Crippen LogP contribution in [0.15, 0.2) is 0 Å². The quantitative estimate of drug-likeness (QED) is 0.387. The minimum atomic E-state index is -1.72. The summed E-state index contributed by atoms with van der Waals surface area (Å²) in [4.78, 5) is 0. The van der Waals surface area contributed by atoms with Gasteiger partial charge in [-0.15, -0.1) is 45.6 Å². The van der Waals surface area contributed by atoms with Crippen LogP contribution < -0.4 is 0 Å². The van der Waals surface area contributed by atoms with Crippen molar-refractivity contribution in [3.8, 4) is 0 Å². The van der Waals surface area contributed by atoms with Gasteiger partial charge in [-0.25, -0.2) is 0 Å². The van der Waals surface area contributed by atoms with E-state index in [4.69, 9.17) is 33.2 Å². The summed E-state index contributed by atoms with van der Waals surface area (Å²) in [7, 11) is 0. The molecule has 0 spiro atoms. The van der Waals surface area contributed by atoms with E-state index >= 15 is 0 Å². The van der Waals surface area contributed by atoms with Gasteiger partial charge in [0.05, 0.1) is 0 Å². The van der Waals surface area contributed by atoms with Crippen molar-refractivity contribution in [1.29, 1.82) is 0 Å². The molecule has 0 saturated carbocycles. The Balaban J connectivity index is -0.0000000450. The second-order valence-corrected chi connectivity index (χ2v) is 6.68. The minimum absolute atomic E-state index is 0. The Kier molecular flexibility index (Phi) is 10.3. The first-order valence-electron chi connectivity index (χ1n) is 0.655. The van der Waals surface area contributed by atoms with Gasteiger partial charge in [-0.3, -0.25) is 0 Å². The van der Waals surface area contributed by atoms with Crippen LogP contribution in [0.4, 0.5) is 0 Å². The lowest BCUT2D eigenvalue weighted by atomic mass is 27.7. The Morgan fingerprint density at radius 2 is 1.20 bits per heavy atom. The van der Waals surface area contributed by atoms with Gasteiger partial charge in [0.15, 0.2) is 0 Å². The molecule has 0 aromatic rings. The second kappa shape index (κ2) is 5.38. The predicted molar refractivity (Wildman–Crippen MR) is 33.1 cm³/mol. The molecule has 0 saturated heterocycles. The van der Waals surface area contributed by atoms with E-state index in [1.54, 1.807) is 0 Å². The standard InChI is InChI=1S/Cl3HSi.ClH/c1-4(2)3;/h4H;1H/p+1. The first-order chi connectivity index (χ1) is 1.73. The summed E-state index contributed by atoms with van der Waals surface area (Å²) >= 11 is 14.8. The van der Waals surface area contributed by atoms with E-state index in [1.807, 2.05) is 0 Å². The van der Waals surface area contributed by atoms with Crippen LogP contribution in [-0.2, 0) is 0 Å². The Bertz CT molecular complexity index is 12.3. The third-order valence-corrected chi connectivity index (χ3v) is 0. The van der Waals surface area contributed by atoms with Crippen molar-refractivity contribution in [2.75, 3.05) is 0 Å². The van der Waals surface area contributed by atoms with E-state index in [1.165, 1.54) is 0 Å². The maximum absolute atomic E-state index is 4.94. The van der Waals surface area contributed by atoms with E-state index in [9.17, 15) is 0 Å². The topological polar surface area (TPSA) is 0 Å². The Hall–Kier alpha value is 1.38. The Morgan fingerprint density at radius 1 is 1.20 bits per heavy atom. The van der Waals surface area contributed by atoms with Gasteiger partial charge in [-0.2, -0.15) is 0 Å². The summed E-state index contributed by atoms with van der Waals surface area (Å²) < 4.78 is 0. The van der Waals surface area contributed by atoms with Crippen molar-refractivity contribution < 1.29 is 1.43 Å². The summed E-state index contributed by atoms with van der Waals surface area (Å²) in [5, 5.41) is 0. The normalized spacial score (nSPS) is 7.20. The lowest BCUT2D eigenvalue weighted by molar-refractivity contribution is 4.07. The smallest absolute Gasteiger partial charge is 0.147 e. The van der Waals surface area contributed by atoms with Gasteiger partial charge < -0.3 is 0 Å². The van der Waals surface area contributed by atoms with Crippen LogP contribution in [0.3, 0.4) is 0 Å². The van der Waals surface area contributed by atoms with Crippen molar-refractivity contribution in [2.45, 2.75) is 0 Å². The Labute approximate surface area is 54.0 Å². The van der Waals surface area contributed by atoms with Gasteiger partial charge >= 0.3 is 8.15 Å². The van der Waals surface area contributed by atoms with Crippen molar-refractivity contribution >= 4 is 52.4 Å². The molecule has 0 radical (unpaired) electrons. The molecule has 34 valence electrons. The number of halogens is 4. The van der Waals surface area contributed by atoms with E-state index in [-0.39, 0.29) is 13.8 Å². The lowest BCUT2D eigenvalue weighted by Gasteiger charge is -1.65. The van der Waals surface area contributed by atoms with Crippen LogP contribution in [-0.4, -0.2) is 6.73 Å². The summed E-state index contributed by atoms with van der Waals surface area (Å²) in [6.07, 6.45) is 0. The molecule has 0 atom stereocenters. The van der Waals surface area contributed by atoms with Crippen LogP contribution in [0.5, 0.6) is 0 Å². The summed E-state index contributed by atoms with van der Waals surface area (Å²) in [5.41, 5.74) is 0. The van der Waals surface area contributed by atoms with Gasteiger partial charge in [-0.1, -0.05) is 0 Å². The first-order valence-corrected chi connectivity index (χ1v) is 5.89. The monoisotopic (exact) mass is 171 g/mol. The zero-order valence-corrected chi connectivity index (χ0v) is 6.36. The van der Waals surface area contributed by atoms with Gasteiger partial charge in [0, 0.05) is 0 Å². The maximum Gasteiger partial charge on any atom is 1.00 e. The second-order valence-electron chi connectivity index (χ2n) is 0.247. The summed E-state index contributed by atoms with van der Waals surface area (Å²) in [6.45, 7) is -1.72. The van der Waals surface area contributed by atoms with Crippen LogP contribution >= 0.6 is 45.6 Å². The van der Waals surface area contributed by atoms with E-state index in [0.717, 1.165) is 0 Å². The van der Waals surface area contributed by atoms with Crippen molar-refractivity contribution in [3.63, 3.8) is 0 Å². The van der Waals surface area contributed by atoms with Crippen molar-refractivity contribution in [1.82, 2.24) is 0 Å². The highest BCUT2D eigenvalue weighted by atomic mass is 35.8. The molecule has 0 heterocycles. The average Bonchev–Trinajstić information content (AvgIpc) is 0.811. The molecule has 0 unspecified atom stereocenters. The van der Waals surface area contributed by atoms with Gasteiger partial charge in [0.1, 0.15) is 0 Å². The fourth-order valence-electron chi connectivity index (χ4n) is 0. The Morgan fingerprint density at radius 3 is 1.20 bits per heavy atom. The molecule has 0 bridgehead atoms. The highest BCUT2D eigenvalue weighted by molar-refractivity contribution is 7.54. The van der Waals surface area contributed by atoms with Gasteiger partial charge in [0.25, 0.3) is 0 Å². The molecule has 0 aliphatic rings. The molecule has 0 aliphatic carbocycles. The molecule has 0 rings (SSSR count). The molecule has 0 aromatic carbocycles. The molecule has 0 N–H and O–H groups in total. The fraction of sp³-hybridized carbons (Fsp3) is 0. The van der Waals surface area contributed by atoms with Gasteiger partial charge in [0.2, 0.25) is 0 Å². The molecule has 0 fully saturated rings. The van der Waals surface area contributed by atoms with Crippen molar-refractivity contribution in [3.05, 3.63) is 0 Å². The zero-order valence-electron chi connectivity index (χ0n) is 3.12.